The predicted molar refractivity (Wildman–Crippen MR) is 76.8 cm³/mol. The molecule has 0 spiro atoms. The Morgan fingerprint density at radius 2 is 1.95 bits per heavy atom. The van der Waals surface area contributed by atoms with Crippen LogP contribution >= 0.6 is 12.1 Å². The van der Waals surface area contributed by atoms with Crippen LogP contribution < -0.4 is 11.1 Å². The molecule has 110 valence electrons. The van der Waals surface area contributed by atoms with Crippen LogP contribution in [0.5, 0.6) is 0 Å². The van der Waals surface area contributed by atoms with Gasteiger partial charge in [0.1, 0.15) is 0 Å². The molecule has 0 aromatic heterocycles. The second kappa shape index (κ2) is 7.86. The van der Waals surface area contributed by atoms with Crippen molar-refractivity contribution >= 4 is 24.0 Å². The normalized spacial score (nSPS) is 12.2. The number of nitrogens with two attached hydrogens (primary N) is 1. The van der Waals surface area contributed by atoms with Crippen LogP contribution in [0.2, 0.25) is 0 Å². The van der Waals surface area contributed by atoms with Gasteiger partial charge in [-0.05, 0) is 38.2 Å². The number of nitrogens with zero attached hydrogens (tertiary/aromatic N) is 1. The van der Waals surface area contributed by atoms with Gasteiger partial charge in [-0.15, -0.1) is 0 Å². The predicted octanol–water partition coefficient (Wildman–Crippen LogP) is 0.737. The summed E-state index contributed by atoms with van der Waals surface area (Å²) in [6.07, 6.45) is 0.467. The molecule has 0 radical (unpaired) electrons. The molecule has 1 rings (SSSR count). The van der Waals surface area contributed by atoms with Crippen LogP contribution in [0.25, 0.3) is 0 Å². The van der Waals surface area contributed by atoms with Gasteiger partial charge in [0.25, 0.3) is 0 Å². The smallest absolute Gasteiger partial charge is 0.238 e. The number of amides is 2. The van der Waals surface area contributed by atoms with E-state index in [1.54, 1.807) is 43.3 Å². The summed E-state index contributed by atoms with van der Waals surface area (Å²) in [5, 5.41) is 2.49. The number of benzene rings is 1. The average Bonchev–Trinajstić information content (AvgIpc) is 2.42. The Labute approximate surface area is 122 Å². The summed E-state index contributed by atoms with van der Waals surface area (Å²) in [6.45, 7) is -0.180. The molecule has 2 amide bonds. The molecule has 0 bridgehead atoms. The summed E-state index contributed by atoms with van der Waals surface area (Å²) in [5.74, 6) is -0.849. The Balaban J connectivity index is 2.70. The number of nitrogens with one attached hydrogen (secondary N) is 1. The molecule has 1 aromatic carbocycles. The number of halogens is 1. The number of primary amides is 1. The zero-order valence-electron chi connectivity index (χ0n) is 11.4. The van der Waals surface area contributed by atoms with E-state index in [9.17, 15) is 13.5 Å². The second-order valence-corrected chi connectivity index (χ2v) is 5.21. The summed E-state index contributed by atoms with van der Waals surface area (Å²) in [6, 6.07) is 6.46. The van der Waals surface area contributed by atoms with Crippen LogP contribution in [0.4, 0.5) is 3.89 Å². The third-order valence-electron chi connectivity index (χ3n) is 2.80. The first-order chi connectivity index (χ1) is 9.43. The van der Waals surface area contributed by atoms with E-state index in [0.717, 1.165) is 5.56 Å². The number of rotatable bonds is 7. The van der Waals surface area contributed by atoms with Gasteiger partial charge in [0.05, 0.1) is 24.7 Å². The van der Waals surface area contributed by atoms with Crippen LogP contribution in [-0.4, -0.2) is 43.4 Å². The van der Waals surface area contributed by atoms with Crippen LogP contribution in [0.1, 0.15) is 5.56 Å². The van der Waals surface area contributed by atoms with Crippen molar-refractivity contribution in [3.05, 3.63) is 29.8 Å². The second-order valence-electron chi connectivity index (χ2n) is 4.59. The Bertz CT molecular complexity index is 465. The summed E-state index contributed by atoms with van der Waals surface area (Å²) < 4.78 is 12.4. The topological polar surface area (TPSA) is 75.4 Å². The minimum atomic E-state index is -0.583. The molecular formula is C13H18FN3O2S. The molecule has 0 heterocycles. The van der Waals surface area contributed by atoms with Gasteiger partial charge in [-0.25, -0.2) is 0 Å². The van der Waals surface area contributed by atoms with E-state index in [-0.39, 0.29) is 24.6 Å². The number of likely N-dealkylation sites (N-methyl/N-ethyl adjacent to an activating group) is 1. The molecule has 0 aliphatic heterocycles. The third kappa shape index (κ3) is 5.18. The van der Waals surface area contributed by atoms with E-state index in [2.05, 4.69) is 5.32 Å². The first-order valence-corrected chi connectivity index (χ1v) is 6.75. The fourth-order valence-electron chi connectivity index (χ4n) is 1.70. The van der Waals surface area contributed by atoms with Crippen molar-refractivity contribution in [1.29, 1.82) is 0 Å². The maximum Gasteiger partial charge on any atom is 0.238 e. The number of hydrogen-bond donors (Lipinski definition) is 2. The largest absolute Gasteiger partial charge is 0.368 e. The number of carbonyl (C=O) groups excluding carboxylic acids is 2. The van der Waals surface area contributed by atoms with Gasteiger partial charge in [-0.3, -0.25) is 14.5 Å². The minimum absolute atomic E-state index is 0.179. The molecule has 0 saturated heterocycles. The standard InChI is InChI=1S/C13H18FN3O2S/c1-17(2)11(13(19)16-8-12(15)18)7-9-3-5-10(20-14)6-4-9/h3-6,11H,7-8H2,1-2H3,(H2,15,18)(H,16,19). The van der Waals surface area contributed by atoms with Crippen molar-refractivity contribution in [3.63, 3.8) is 0 Å². The minimum Gasteiger partial charge on any atom is -0.368 e. The number of hydrogen-bond acceptors (Lipinski definition) is 4. The van der Waals surface area contributed by atoms with Crippen molar-refractivity contribution in [2.45, 2.75) is 17.4 Å². The van der Waals surface area contributed by atoms with Crippen LogP contribution in [0.15, 0.2) is 29.2 Å². The first kappa shape index (κ1) is 16.5. The Morgan fingerprint density at radius 1 is 1.35 bits per heavy atom. The van der Waals surface area contributed by atoms with Gasteiger partial charge in [-0.2, -0.15) is 3.89 Å². The maximum atomic E-state index is 12.4. The Kier molecular flexibility index (Phi) is 6.47. The highest BCUT2D eigenvalue weighted by molar-refractivity contribution is 7.94. The van der Waals surface area contributed by atoms with Crippen LogP contribution in [0, 0.1) is 0 Å². The highest BCUT2D eigenvalue weighted by atomic mass is 32.2. The summed E-state index contributed by atoms with van der Waals surface area (Å²) in [4.78, 5) is 25.0. The quantitative estimate of drug-likeness (QED) is 0.778. The lowest BCUT2D eigenvalue weighted by Gasteiger charge is -2.23. The molecule has 1 unspecified atom stereocenters. The zero-order chi connectivity index (χ0) is 15.1. The lowest BCUT2D eigenvalue weighted by molar-refractivity contribution is -0.128. The fourth-order valence-corrected chi connectivity index (χ4v) is 1.94. The molecular weight excluding hydrogens is 281 g/mol. The van der Waals surface area contributed by atoms with Gasteiger partial charge >= 0.3 is 0 Å². The fraction of sp³-hybridized carbons (Fsp3) is 0.385. The van der Waals surface area contributed by atoms with Gasteiger partial charge in [-0.1, -0.05) is 12.1 Å². The molecule has 1 atom stereocenters. The molecule has 20 heavy (non-hydrogen) atoms. The van der Waals surface area contributed by atoms with E-state index in [1.807, 2.05) is 0 Å². The van der Waals surface area contributed by atoms with Crippen LogP contribution in [-0.2, 0) is 16.0 Å². The summed E-state index contributed by atoms with van der Waals surface area (Å²) in [5.41, 5.74) is 5.91. The Hall–Kier alpha value is -1.60. The van der Waals surface area contributed by atoms with Crippen molar-refractivity contribution in [2.24, 2.45) is 5.73 Å². The lowest BCUT2D eigenvalue weighted by atomic mass is 10.0. The summed E-state index contributed by atoms with van der Waals surface area (Å²) in [7, 11) is 3.56. The van der Waals surface area contributed by atoms with Gasteiger partial charge in [0, 0.05) is 4.90 Å². The van der Waals surface area contributed by atoms with Crippen molar-refractivity contribution in [3.8, 4) is 0 Å². The lowest BCUT2D eigenvalue weighted by Crippen LogP contribution is -2.47. The van der Waals surface area contributed by atoms with E-state index in [1.165, 1.54) is 0 Å². The molecule has 0 fully saturated rings. The Morgan fingerprint density at radius 3 is 2.40 bits per heavy atom. The SMILES string of the molecule is CN(C)C(Cc1ccc(SF)cc1)C(=O)NCC(N)=O. The monoisotopic (exact) mass is 299 g/mol. The van der Waals surface area contributed by atoms with Crippen molar-refractivity contribution in [2.75, 3.05) is 20.6 Å². The molecule has 7 heteroatoms. The zero-order valence-corrected chi connectivity index (χ0v) is 12.2. The summed E-state index contributed by atoms with van der Waals surface area (Å²) >= 11 is 0.179. The van der Waals surface area contributed by atoms with E-state index in [4.69, 9.17) is 5.73 Å². The first-order valence-electron chi connectivity index (χ1n) is 6.04. The van der Waals surface area contributed by atoms with E-state index in [0.29, 0.717) is 11.3 Å². The molecule has 0 aliphatic carbocycles. The molecule has 0 saturated carbocycles. The highest BCUT2D eigenvalue weighted by Crippen LogP contribution is 2.19. The van der Waals surface area contributed by atoms with Crippen LogP contribution in [0.3, 0.4) is 0 Å². The molecule has 3 N–H and O–H groups in total. The van der Waals surface area contributed by atoms with Gasteiger partial charge in [0.15, 0.2) is 0 Å². The average molecular weight is 299 g/mol. The van der Waals surface area contributed by atoms with Gasteiger partial charge < -0.3 is 11.1 Å². The van der Waals surface area contributed by atoms with E-state index >= 15 is 0 Å². The molecule has 1 aromatic rings. The third-order valence-corrected chi connectivity index (χ3v) is 3.25. The highest BCUT2D eigenvalue weighted by Gasteiger charge is 2.21. The van der Waals surface area contributed by atoms with Crippen molar-refractivity contribution in [1.82, 2.24) is 10.2 Å². The van der Waals surface area contributed by atoms with Gasteiger partial charge in [0.2, 0.25) is 11.8 Å². The van der Waals surface area contributed by atoms with Crippen molar-refractivity contribution < 1.29 is 13.5 Å². The molecule has 5 nitrogen and oxygen atoms in total. The number of carbonyl (C=O) groups is 2. The van der Waals surface area contributed by atoms with E-state index < -0.39 is 11.9 Å². The maximum absolute atomic E-state index is 12.4. The molecule has 0 aliphatic rings.